The van der Waals surface area contributed by atoms with Crippen molar-refractivity contribution in [3.63, 3.8) is 0 Å². The van der Waals surface area contributed by atoms with Crippen molar-refractivity contribution < 1.29 is 22.7 Å². The highest BCUT2D eigenvalue weighted by atomic mass is 32.2. The van der Waals surface area contributed by atoms with Crippen LogP contribution < -0.4 is 19.1 Å². The van der Waals surface area contributed by atoms with Crippen molar-refractivity contribution in [1.29, 1.82) is 0 Å². The van der Waals surface area contributed by atoms with E-state index in [4.69, 9.17) is 9.47 Å². The van der Waals surface area contributed by atoms with E-state index in [9.17, 15) is 13.2 Å². The minimum atomic E-state index is -3.69. The summed E-state index contributed by atoms with van der Waals surface area (Å²) in [6, 6.07) is 13.1. The summed E-state index contributed by atoms with van der Waals surface area (Å²) >= 11 is 1.81. The molecule has 2 aromatic carbocycles. The molecule has 0 fully saturated rings. The molecule has 0 saturated carbocycles. The van der Waals surface area contributed by atoms with Gasteiger partial charge in [0.1, 0.15) is 18.0 Å². The molecule has 0 spiro atoms. The Kier molecular flexibility index (Phi) is 9.51. The van der Waals surface area contributed by atoms with E-state index in [-0.39, 0.29) is 18.1 Å². The summed E-state index contributed by atoms with van der Waals surface area (Å²) < 4.78 is 36.1. The lowest BCUT2D eigenvalue weighted by Crippen LogP contribution is -2.40. The van der Waals surface area contributed by atoms with Gasteiger partial charge in [0, 0.05) is 18.4 Å². The van der Waals surface area contributed by atoms with Gasteiger partial charge in [0.05, 0.1) is 26.2 Å². The number of hydrogen-bond donors (Lipinski definition) is 1. The molecular formula is C22H30N2O5S2. The maximum atomic E-state index is 12.4. The largest absolute Gasteiger partial charge is 0.497 e. The fraction of sp³-hybridized carbons (Fsp3) is 0.409. The fourth-order valence-corrected chi connectivity index (χ4v) is 4.81. The predicted octanol–water partition coefficient (Wildman–Crippen LogP) is 3.22. The smallest absolute Gasteiger partial charge is 0.240 e. The molecule has 0 heterocycles. The lowest BCUT2D eigenvalue weighted by atomic mass is 10.1. The van der Waals surface area contributed by atoms with Crippen LogP contribution in [0.3, 0.4) is 0 Å². The maximum Gasteiger partial charge on any atom is 0.240 e. The minimum absolute atomic E-state index is 0.287. The van der Waals surface area contributed by atoms with E-state index in [1.54, 1.807) is 18.2 Å². The SMILES string of the molecule is COc1ccc(N(CC(=O)NCCCSCc2ccccc2C)S(C)(=O)=O)c(OC)c1. The quantitative estimate of drug-likeness (QED) is 0.484. The molecule has 0 aliphatic heterocycles. The number of hydrogen-bond acceptors (Lipinski definition) is 6. The van der Waals surface area contributed by atoms with Crippen molar-refractivity contribution in [3.05, 3.63) is 53.6 Å². The Morgan fingerprint density at radius 1 is 1.13 bits per heavy atom. The van der Waals surface area contributed by atoms with E-state index in [0.717, 1.165) is 28.5 Å². The van der Waals surface area contributed by atoms with Crippen molar-refractivity contribution in [1.82, 2.24) is 5.32 Å². The van der Waals surface area contributed by atoms with Crippen molar-refractivity contribution in [3.8, 4) is 11.5 Å². The highest BCUT2D eigenvalue weighted by molar-refractivity contribution is 7.98. The molecule has 31 heavy (non-hydrogen) atoms. The monoisotopic (exact) mass is 466 g/mol. The van der Waals surface area contributed by atoms with E-state index < -0.39 is 10.0 Å². The highest BCUT2D eigenvalue weighted by Crippen LogP contribution is 2.33. The number of methoxy groups -OCH3 is 2. The molecule has 0 aliphatic rings. The first-order chi connectivity index (χ1) is 14.8. The first-order valence-electron chi connectivity index (χ1n) is 9.85. The molecule has 0 bridgehead atoms. The number of nitrogens with one attached hydrogen (secondary N) is 1. The predicted molar refractivity (Wildman–Crippen MR) is 127 cm³/mol. The second-order valence-electron chi connectivity index (χ2n) is 6.99. The summed E-state index contributed by atoms with van der Waals surface area (Å²) in [5.41, 5.74) is 2.88. The number of sulfonamides is 1. The van der Waals surface area contributed by atoms with Gasteiger partial charge in [0.15, 0.2) is 0 Å². The summed E-state index contributed by atoms with van der Waals surface area (Å²) in [7, 11) is -0.744. The number of ether oxygens (including phenoxy) is 2. The lowest BCUT2D eigenvalue weighted by molar-refractivity contribution is -0.119. The third kappa shape index (κ3) is 7.66. The number of thioether (sulfide) groups is 1. The van der Waals surface area contributed by atoms with E-state index in [2.05, 4.69) is 24.4 Å². The van der Waals surface area contributed by atoms with Gasteiger partial charge in [0.2, 0.25) is 15.9 Å². The molecule has 7 nitrogen and oxygen atoms in total. The van der Waals surface area contributed by atoms with Crippen LogP contribution in [-0.2, 0) is 20.6 Å². The number of benzene rings is 2. The van der Waals surface area contributed by atoms with Crippen molar-refractivity contribution in [2.24, 2.45) is 0 Å². The zero-order chi connectivity index (χ0) is 22.9. The van der Waals surface area contributed by atoms with Gasteiger partial charge in [0.25, 0.3) is 0 Å². The molecule has 2 rings (SSSR count). The summed E-state index contributed by atoms with van der Waals surface area (Å²) in [6.45, 7) is 2.26. The van der Waals surface area contributed by atoms with Crippen LogP contribution in [0.1, 0.15) is 17.5 Å². The third-order valence-electron chi connectivity index (χ3n) is 4.65. The molecule has 0 aliphatic carbocycles. The molecule has 1 N–H and O–H groups in total. The second kappa shape index (κ2) is 11.9. The van der Waals surface area contributed by atoms with Crippen LogP contribution in [0, 0.1) is 6.92 Å². The first-order valence-corrected chi connectivity index (χ1v) is 12.8. The van der Waals surface area contributed by atoms with Crippen LogP contribution in [-0.4, -0.2) is 53.6 Å². The number of carbonyl (C=O) groups excluding carboxylic acids is 1. The molecule has 0 saturated heterocycles. The molecule has 0 aromatic heterocycles. The van der Waals surface area contributed by atoms with Crippen molar-refractivity contribution >= 4 is 33.4 Å². The van der Waals surface area contributed by atoms with E-state index in [1.807, 2.05) is 23.9 Å². The van der Waals surface area contributed by atoms with Gasteiger partial charge in [-0.15, -0.1) is 0 Å². The molecule has 0 radical (unpaired) electrons. The van der Waals surface area contributed by atoms with Gasteiger partial charge in [-0.3, -0.25) is 9.10 Å². The van der Waals surface area contributed by atoms with E-state index >= 15 is 0 Å². The Morgan fingerprint density at radius 2 is 1.87 bits per heavy atom. The van der Waals surface area contributed by atoms with Crippen LogP contribution >= 0.6 is 11.8 Å². The van der Waals surface area contributed by atoms with Crippen LogP contribution in [0.4, 0.5) is 5.69 Å². The number of anilines is 1. The van der Waals surface area contributed by atoms with Crippen molar-refractivity contribution in [2.45, 2.75) is 19.1 Å². The average Bonchev–Trinajstić information content (AvgIpc) is 2.74. The van der Waals surface area contributed by atoms with Crippen LogP contribution in [0.5, 0.6) is 11.5 Å². The van der Waals surface area contributed by atoms with Gasteiger partial charge in [-0.25, -0.2) is 8.42 Å². The summed E-state index contributed by atoms with van der Waals surface area (Å²) in [6.07, 6.45) is 1.86. The molecular weight excluding hydrogens is 436 g/mol. The normalized spacial score (nSPS) is 11.1. The zero-order valence-electron chi connectivity index (χ0n) is 18.4. The van der Waals surface area contributed by atoms with Gasteiger partial charge in [-0.05, 0) is 42.4 Å². The van der Waals surface area contributed by atoms with Gasteiger partial charge in [-0.1, -0.05) is 24.3 Å². The lowest BCUT2D eigenvalue weighted by Gasteiger charge is -2.24. The van der Waals surface area contributed by atoms with E-state index in [0.29, 0.717) is 18.0 Å². The molecule has 170 valence electrons. The molecule has 2 aromatic rings. The second-order valence-corrected chi connectivity index (χ2v) is 10.0. The van der Waals surface area contributed by atoms with Crippen LogP contribution in [0.15, 0.2) is 42.5 Å². The zero-order valence-corrected chi connectivity index (χ0v) is 20.0. The topological polar surface area (TPSA) is 84.9 Å². The van der Waals surface area contributed by atoms with Gasteiger partial charge < -0.3 is 14.8 Å². The Bertz CT molecular complexity index is 980. The summed E-state index contributed by atoms with van der Waals surface area (Å²) in [5, 5.41) is 2.80. The Balaban J connectivity index is 1.87. The number of amides is 1. The first kappa shape index (κ1) is 24.9. The summed E-state index contributed by atoms with van der Waals surface area (Å²) in [5.74, 6) is 2.30. The fourth-order valence-electron chi connectivity index (χ4n) is 2.91. The Morgan fingerprint density at radius 3 is 2.52 bits per heavy atom. The Labute approximate surface area is 189 Å². The van der Waals surface area contributed by atoms with Gasteiger partial charge in [-0.2, -0.15) is 11.8 Å². The molecule has 1 amide bonds. The summed E-state index contributed by atoms with van der Waals surface area (Å²) in [4.78, 5) is 12.4. The van der Waals surface area contributed by atoms with Crippen molar-refractivity contribution in [2.75, 3.05) is 43.6 Å². The molecule has 0 unspecified atom stereocenters. The molecule has 9 heteroatoms. The number of nitrogens with zero attached hydrogens (tertiary/aromatic N) is 1. The van der Waals surface area contributed by atoms with Crippen LogP contribution in [0.25, 0.3) is 0 Å². The maximum absolute atomic E-state index is 12.4. The molecule has 0 atom stereocenters. The number of rotatable bonds is 12. The average molecular weight is 467 g/mol. The standard InChI is InChI=1S/C22H30N2O5S2/c1-17-8-5-6-9-18(17)16-30-13-7-12-23-22(25)15-24(31(4,26)27)20-11-10-19(28-2)14-21(20)29-3/h5-6,8-11,14H,7,12-13,15-16H2,1-4H3,(H,23,25). The Hall–Kier alpha value is -2.39. The third-order valence-corrected chi connectivity index (χ3v) is 6.87. The highest BCUT2D eigenvalue weighted by Gasteiger charge is 2.24. The van der Waals surface area contributed by atoms with E-state index in [1.165, 1.54) is 25.3 Å². The number of aryl methyl sites for hydroxylation is 1. The van der Waals surface area contributed by atoms with Gasteiger partial charge >= 0.3 is 0 Å². The number of carbonyl (C=O) groups is 1. The minimum Gasteiger partial charge on any atom is -0.497 e. The van der Waals surface area contributed by atoms with Crippen LogP contribution in [0.2, 0.25) is 0 Å².